The lowest BCUT2D eigenvalue weighted by molar-refractivity contribution is 0.352. The van der Waals surface area contributed by atoms with Crippen LogP contribution in [0.3, 0.4) is 0 Å². The first-order valence-corrected chi connectivity index (χ1v) is 7.92. The third-order valence-electron chi connectivity index (χ3n) is 3.05. The molecule has 0 aliphatic rings. The van der Waals surface area contributed by atoms with Gasteiger partial charge in [0.25, 0.3) is 5.56 Å². The molecule has 0 aliphatic carbocycles. The van der Waals surface area contributed by atoms with Gasteiger partial charge in [0.05, 0.1) is 30.6 Å². The Morgan fingerprint density at radius 2 is 2.00 bits per heavy atom. The lowest BCUT2D eigenvalue weighted by Gasteiger charge is -2.13. The van der Waals surface area contributed by atoms with Crippen LogP contribution in [-0.2, 0) is 13.6 Å². The third kappa shape index (κ3) is 3.44. The summed E-state index contributed by atoms with van der Waals surface area (Å²) in [6.07, 6.45) is 1.60. The highest BCUT2D eigenvalue weighted by Gasteiger charge is 2.11. The number of aryl methyl sites for hydroxylation is 1. The van der Waals surface area contributed by atoms with Gasteiger partial charge >= 0.3 is 0 Å². The van der Waals surface area contributed by atoms with E-state index in [1.54, 1.807) is 27.5 Å². The van der Waals surface area contributed by atoms with Crippen LogP contribution in [0.2, 0.25) is 0 Å². The molecule has 1 heterocycles. The summed E-state index contributed by atoms with van der Waals surface area (Å²) in [4.78, 5) is 11.8. The van der Waals surface area contributed by atoms with Crippen LogP contribution in [0.1, 0.15) is 5.56 Å². The molecule has 0 atom stereocenters. The highest BCUT2D eigenvalue weighted by Crippen LogP contribution is 2.36. The maximum atomic E-state index is 11.8. The molecule has 1 N–H and O–H groups in total. The molecule has 8 heteroatoms. The average molecular weight is 433 g/mol. The maximum Gasteiger partial charge on any atom is 0.282 e. The van der Waals surface area contributed by atoms with Crippen molar-refractivity contribution in [3.05, 3.63) is 43.2 Å². The third-order valence-corrected chi connectivity index (χ3v) is 4.41. The van der Waals surface area contributed by atoms with Crippen LogP contribution in [0, 0.1) is 0 Å². The molecule has 2 aromatic rings. The summed E-state index contributed by atoms with van der Waals surface area (Å²) in [5.41, 5.74) is 1.41. The van der Waals surface area contributed by atoms with Gasteiger partial charge in [-0.1, -0.05) is 0 Å². The molecule has 0 fully saturated rings. The van der Waals surface area contributed by atoms with Gasteiger partial charge in [0.2, 0.25) is 0 Å². The van der Waals surface area contributed by atoms with Crippen molar-refractivity contribution in [1.29, 1.82) is 0 Å². The number of aromatic nitrogens is 2. The predicted octanol–water partition coefficient (Wildman–Crippen LogP) is 2.93. The minimum absolute atomic E-state index is 0.196. The molecule has 0 amide bonds. The fourth-order valence-corrected chi connectivity index (χ4v) is 3.06. The Balaban J connectivity index is 2.24. The van der Waals surface area contributed by atoms with E-state index in [0.717, 1.165) is 10.0 Å². The second kappa shape index (κ2) is 7.15. The summed E-state index contributed by atoms with van der Waals surface area (Å²) >= 11 is 6.73. The summed E-state index contributed by atoms with van der Waals surface area (Å²) in [5.74, 6) is 1.28. The Hall–Kier alpha value is -1.54. The van der Waals surface area contributed by atoms with Crippen molar-refractivity contribution in [3.8, 4) is 11.5 Å². The highest BCUT2D eigenvalue weighted by molar-refractivity contribution is 9.11. The van der Waals surface area contributed by atoms with Crippen molar-refractivity contribution in [2.75, 3.05) is 19.5 Å². The molecule has 0 spiro atoms. The van der Waals surface area contributed by atoms with Gasteiger partial charge in [0.15, 0.2) is 11.5 Å². The molecular formula is C14H15Br2N3O3. The molecule has 0 unspecified atom stereocenters. The zero-order valence-electron chi connectivity index (χ0n) is 12.3. The van der Waals surface area contributed by atoms with Crippen LogP contribution in [0.15, 0.2) is 32.1 Å². The highest BCUT2D eigenvalue weighted by atomic mass is 79.9. The van der Waals surface area contributed by atoms with Gasteiger partial charge in [-0.25, -0.2) is 4.68 Å². The SMILES string of the molecule is COc1cc(CNc2cnn(C)c(=O)c2Br)cc(Br)c1OC. The summed E-state index contributed by atoms with van der Waals surface area (Å²) in [6, 6.07) is 3.80. The van der Waals surface area contributed by atoms with Crippen LogP contribution in [-0.4, -0.2) is 24.0 Å². The lowest BCUT2D eigenvalue weighted by Crippen LogP contribution is -2.21. The van der Waals surface area contributed by atoms with E-state index in [1.807, 2.05) is 12.1 Å². The quantitative estimate of drug-likeness (QED) is 0.786. The summed E-state index contributed by atoms with van der Waals surface area (Å²) in [7, 11) is 4.77. The molecule has 2 rings (SSSR count). The Bertz CT molecular complexity index is 747. The van der Waals surface area contributed by atoms with E-state index in [9.17, 15) is 4.79 Å². The zero-order valence-corrected chi connectivity index (χ0v) is 15.5. The predicted molar refractivity (Wildman–Crippen MR) is 91.8 cm³/mol. The Kier molecular flexibility index (Phi) is 5.47. The van der Waals surface area contributed by atoms with Crippen LogP contribution in [0.5, 0.6) is 11.5 Å². The van der Waals surface area contributed by atoms with E-state index < -0.39 is 0 Å². The minimum atomic E-state index is -0.196. The molecule has 118 valence electrons. The molecule has 0 saturated heterocycles. The van der Waals surface area contributed by atoms with E-state index in [4.69, 9.17) is 9.47 Å². The number of hydrogen-bond donors (Lipinski definition) is 1. The average Bonchev–Trinajstić information content (AvgIpc) is 2.51. The number of nitrogens with zero attached hydrogens (tertiary/aromatic N) is 2. The number of ether oxygens (including phenoxy) is 2. The van der Waals surface area contributed by atoms with Crippen molar-refractivity contribution in [3.63, 3.8) is 0 Å². The summed E-state index contributed by atoms with van der Waals surface area (Å²) in [6.45, 7) is 0.506. The van der Waals surface area contributed by atoms with E-state index in [2.05, 4.69) is 42.3 Å². The second-order valence-electron chi connectivity index (χ2n) is 4.47. The van der Waals surface area contributed by atoms with Crippen LogP contribution >= 0.6 is 31.9 Å². The first kappa shape index (κ1) is 16.8. The second-order valence-corrected chi connectivity index (χ2v) is 6.12. The summed E-state index contributed by atoms with van der Waals surface area (Å²) < 4.78 is 13.1. The molecule has 1 aromatic carbocycles. The maximum absolute atomic E-state index is 11.8. The van der Waals surface area contributed by atoms with Gasteiger partial charge in [-0.05, 0) is 49.6 Å². The van der Waals surface area contributed by atoms with Crippen molar-refractivity contribution in [2.45, 2.75) is 6.54 Å². The first-order valence-electron chi connectivity index (χ1n) is 6.34. The van der Waals surface area contributed by atoms with Gasteiger partial charge in [0, 0.05) is 13.6 Å². The number of benzene rings is 1. The number of rotatable bonds is 5. The van der Waals surface area contributed by atoms with Crippen LogP contribution < -0.4 is 20.3 Å². The Labute approximate surface area is 144 Å². The molecular weight excluding hydrogens is 418 g/mol. The number of halogens is 2. The molecule has 0 aliphatic heterocycles. The minimum Gasteiger partial charge on any atom is -0.493 e. The van der Waals surface area contributed by atoms with Gasteiger partial charge in [-0.15, -0.1) is 0 Å². The number of hydrogen-bond acceptors (Lipinski definition) is 5. The number of nitrogens with one attached hydrogen (secondary N) is 1. The van der Waals surface area contributed by atoms with Crippen molar-refractivity contribution in [1.82, 2.24) is 9.78 Å². The molecule has 0 bridgehead atoms. The smallest absolute Gasteiger partial charge is 0.282 e. The molecule has 22 heavy (non-hydrogen) atoms. The van der Waals surface area contributed by atoms with Crippen molar-refractivity contribution < 1.29 is 9.47 Å². The monoisotopic (exact) mass is 431 g/mol. The fourth-order valence-electron chi connectivity index (χ4n) is 1.90. The van der Waals surface area contributed by atoms with Crippen molar-refractivity contribution >= 4 is 37.5 Å². The van der Waals surface area contributed by atoms with E-state index in [1.165, 1.54) is 4.68 Å². The number of anilines is 1. The topological polar surface area (TPSA) is 65.4 Å². The first-order chi connectivity index (χ1) is 10.5. The van der Waals surface area contributed by atoms with Gasteiger partial charge in [0.1, 0.15) is 4.47 Å². The standard InChI is InChI=1S/C14H15Br2N3O3/c1-19-14(20)12(16)10(7-18-19)17-6-8-4-9(15)13(22-3)11(5-8)21-2/h4-5,7,17H,6H2,1-3H3. The molecule has 0 saturated carbocycles. The van der Waals surface area contributed by atoms with Gasteiger partial charge in [-0.2, -0.15) is 5.10 Å². The number of methoxy groups -OCH3 is 2. The van der Waals surface area contributed by atoms with Crippen LogP contribution in [0.4, 0.5) is 5.69 Å². The van der Waals surface area contributed by atoms with Gasteiger partial charge < -0.3 is 14.8 Å². The molecule has 6 nitrogen and oxygen atoms in total. The van der Waals surface area contributed by atoms with E-state index >= 15 is 0 Å². The Morgan fingerprint density at radius 1 is 1.27 bits per heavy atom. The normalized spacial score (nSPS) is 10.4. The molecule has 1 aromatic heterocycles. The molecule has 0 radical (unpaired) electrons. The van der Waals surface area contributed by atoms with Gasteiger partial charge in [-0.3, -0.25) is 4.79 Å². The lowest BCUT2D eigenvalue weighted by atomic mass is 10.2. The summed E-state index contributed by atoms with van der Waals surface area (Å²) in [5, 5.41) is 7.16. The van der Waals surface area contributed by atoms with Crippen LogP contribution in [0.25, 0.3) is 0 Å². The largest absolute Gasteiger partial charge is 0.493 e. The van der Waals surface area contributed by atoms with E-state index in [-0.39, 0.29) is 5.56 Å². The Morgan fingerprint density at radius 3 is 2.64 bits per heavy atom. The van der Waals surface area contributed by atoms with Crippen molar-refractivity contribution in [2.24, 2.45) is 7.05 Å². The fraction of sp³-hybridized carbons (Fsp3) is 0.286. The van der Waals surface area contributed by atoms with E-state index in [0.29, 0.717) is 28.2 Å². The zero-order chi connectivity index (χ0) is 16.3.